The Hall–Kier alpha value is -2.54. The smallest absolute Gasteiger partial charge is 0.316 e. The lowest BCUT2D eigenvalue weighted by Crippen LogP contribution is -2.19. The molecule has 22 heavy (non-hydrogen) atoms. The van der Waals surface area contributed by atoms with Gasteiger partial charge >= 0.3 is 6.03 Å². The van der Waals surface area contributed by atoms with Crippen molar-refractivity contribution in [1.82, 2.24) is 0 Å². The van der Waals surface area contributed by atoms with Crippen molar-refractivity contribution in [2.45, 2.75) is 0 Å². The number of carbonyl (C=O) groups is 2. The van der Waals surface area contributed by atoms with Crippen LogP contribution in [0.2, 0.25) is 0 Å². The second-order valence-electron chi connectivity index (χ2n) is 4.37. The minimum absolute atomic E-state index is 0.276. The van der Waals surface area contributed by atoms with Crippen molar-refractivity contribution in [2.75, 3.05) is 17.7 Å². The highest BCUT2D eigenvalue weighted by Gasteiger charge is 2.11. The predicted octanol–water partition coefficient (Wildman–Crippen LogP) is 3.20. The van der Waals surface area contributed by atoms with Crippen LogP contribution in [0.15, 0.2) is 46.9 Å². The summed E-state index contributed by atoms with van der Waals surface area (Å²) in [6.07, 6.45) is 0. The number of halogens is 1. The van der Waals surface area contributed by atoms with Gasteiger partial charge in [0.15, 0.2) is 0 Å². The van der Waals surface area contributed by atoms with E-state index in [9.17, 15) is 9.59 Å². The number of rotatable bonds is 4. The molecule has 0 aromatic heterocycles. The van der Waals surface area contributed by atoms with Crippen molar-refractivity contribution in [2.24, 2.45) is 5.73 Å². The summed E-state index contributed by atoms with van der Waals surface area (Å²) >= 11 is 3.33. The Morgan fingerprint density at radius 2 is 1.64 bits per heavy atom. The Labute approximate surface area is 135 Å². The van der Waals surface area contributed by atoms with Gasteiger partial charge in [-0.3, -0.25) is 4.79 Å². The molecular formula is C15H14BrN3O3. The number of hydrogen-bond donors (Lipinski definition) is 3. The lowest BCUT2D eigenvalue weighted by atomic mass is 10.2. The quantitative estimate of drug-likeness (QED) is 0.778. The summed E-state index contributed by atoms with van der Waals surface area (Å²) in [5.41, 5.74) is 6.62. The molecule has 0 spiro atoms. The fraction of sp³-hybridized carbons (Fsp3) is 0.0667. The third-order valence-electron chi connectivity index (χ3n) is 2.83. The molecule has 0 aliphatic carbocycles. The van der Waals surface area contributed by atoms with Crippen LogP contribution in [0.3, 0.4) is 0 Å². The first-order valence-corrected chi connectivity index (χ1v) is 7.10. The third-order valence-corrected chi connectivity index (χ3v) is 3.52. The summed E-state index contributed by atoms with van der Waals surface area (Å²) in [6.45, 7) is 0. The van der Waals surface area contributed by atoms with Crippen LogP contribution < -0.4 is 21.1 Å². The fourth-order valence-corrected chi connectivity index (χ4v) is 2.21. The van der Waals surface area contributed by atoms with E-state index in [4.69, 9.17) is 10.5 Å². The van der Waals surface area contributed by atoms with Gasteiger partial charge in [-0.25, -0.2) is 4.79 Å². The number of nitrogens with one attached hydrogen (secondary N) is 2. The highest BCUT2D eigenvalue weighted by Crippen LogP contribution is 2.24. The lowest BCUT2D eigenvalue weighted by molar-refractivity contribution is 0.102. The molecule has 0 atom stereocenters. The lowest BCUT2D eigenvalue weighted by Gasteiger charge is -2.09. The number of amides is 3. The minimum atomic E-state index is -0.642. The van der Waals surface area contributed by atoms with E-state index in [1.807, 2.05) is 0 Å². The third kappa shape index (κ3) is 3.98. The maximum atomic E-state index is 12.3. The van der Waals surface area contributed by atoms with Crippen molar-refractivity contribution in [3.63, 3.8) is 0 Å². The maximum absolute atomic E-state index is 12.3. The van der Waals surface area contributed by atoms with E-state index < -0.39 is 6.03 Å². The molecule has 114 valence electrons. The van der Waals surface area contributed by atoms with Crippen molar-refractivity contribution in [1.29, 1.82) is 0 Å². The Balaban J connectivity index is 2.13. The molecule has 0 radical (unpaired) electrons. The molecule has 0 heterocycles. The summed E-state index contributed by atoms with van der Waals surface area (Å²) in [5.74, 6) is 0.316. The zero-order chi connectivity index (χ0) is 16.1. The zero-order valence-corrected chi connectivity index (χ0v) is 13.3. The predicted molar refractivity (Wildman–Crippen MR) is 88.3 cm³/mol. The van der Waals surface area contributed by atoms with Crippen molar-refractivity contribution in [3.05, 3.63) is 52.5 Å². The van der Waals surface area contributed by atoms with Gasteiger partial charge in [-0.1, -0.05) is 0 Å². The molecule has 3 amide bonds. The maximum Gasteiger partial charge on any atom is 0.316 e. The standard InChI is InChI=1S/C15H14BrN3O3/c1-22-11-6-7-13(16)12(8-11)14(20)18-9-2-4-10(5-3-9)19-15(17)21/h2-8H,1H3,(H,18,20)(H3,17,19,21). The van der Waals surface area contributed by atoms with Gasteiger partial charge < -0.3 is 21.1 Å². The van der Waals surface area contributed by atoms with Gasteiger partial charge in [0.1, 0.15) is 5.75 Å². The monoisotopic (exact) mass is 363 g/mol. The minimum Gasteiger partial charge on any atom is -0.497 e. The Kier molecular flexibility index (Phi) is 5.00. The van der Waals surface area contributed by atoms with Crippen molar-refractivity contribution in [3.8, 4) is 5.75 Å². The molecule has 0 fully saturated rings. The van der Waals surface area contributed by atoms with Crippen LogP contribution in [-0.4, -0.2) is 19.0 Å². The first-order valence-electron chi connectivity index (χ1n) is 6.31. The van der Waals surface area contributed by atoms with Gasteiger partial charge in [0.25, 0.3) is 5.91 Å². The van der Waals surface area contributed by atoms with Gasteiger partial charge in [0, 0.05) is 15.8 Å². The van der Waals surface area contributed by atoms with Gasteiger partial charge in [-0.2, -0.15) is 0 Å². The molecular weight excluding hydrogens is 350 g/mol. The molecule has 0 aliphatic rings. The molecule has 4 N–H and O–H groups in total. The highest BCUT2D eigenvalue weighted by molar-refractivity contribution is 9.10. The Morgan fingerprint density at radius 3 is 2.18 bits per heavy atom. The van der Waals surface area contributed by atoms with Gasteiger partial charge in [0.2, 0.25) is 0 Å². The summed E-state index contributed by atoms with van der Waals surface area (Å²) in [6, 6.07) is 11.1. The number of carbonyl (C=O) groups excluding carboxylic acids is 2. The molecule has 0 saturated heterocycles. The molecule has 0 saturated carbocycles. The van der Waals surface area contributed by atoms with Gasteiger partial charge in [0.05, 0.1) is 12.7 Å². The number of primary amides is 1. The molecule has 2 rings (SSSR count). The van der Waals surface area contributed by atoms with Crippen molar-refractivity contribution < 1.29 is 14.3 Å². The van der Waals surface area contributed by atoms with Crippen LogP contribution in [0.4, 0.5) is 16.2 Å². The van der Waals surface area contributed by atoms with Gasteiger partial charge in [-0.15, -0.1) is 0 Å². The Morgan fingerprint density at radius 1 is 1.05 bits per heavy atom. The number of ether oxygens (including phenoxy) is 1. The molecule has 6 nitrogen and oxygen atoms in total. The average molecular weight is 364 g/mol. The first-order chi connectivity index (χ1) is 10.5. The normalized spacial score (nSPS) is 9.91. The highest BCUT2D eigenvalue weighted by atomic mass is 79.9. The van der Waals surface area contributed by atoms with Crippen LogP contribution in [0.5, 0.6) is 5.75 Å². The molecule has 0 unspecified atom stereocenters. The second-order valence-corrected chi connectivity index (χ2v) is 5.22. The SMILES string of the molecule is COc1ccc(Br)c(C(=O)Nc2ccc(NC(N)=O)cc2)c1. The van der Waals surface area contributed by atoms with E-state index in [0.717, 1.165) is 0 Å². The van der Waals surface area contributed by atoms with Crippen LogP contribution in [-0.2, 0) is 0 Å². The molecule has 2 aromatic rings. The van der Waals surface area contributed by atoms with Crippen LogP contribution in [0, 0.1) is 0 Å². The molecule has 7 heteroatoms. The number of benzene rings is 2. The number of nitrogens with two attached hydrogens (primary N) is 1. The fourth-order valence-electron chi connectivity index (χ4n) is 1.78. The van der Waals surface area contributed by atoms with Crippen LogP contribution >= 0.6 is 15.9 Å². The van der Waals surface area contributed by atoms with Crippen molar-refractivity contribution >= 4 is 39.2 Å². The Bertz CT molecular complexity index is 702. The molecule has 0 bridgehead atoms. The topological polar surface area (TPSA) is 93.4 Å². The summed E-state index contributed by atoms with van der Waals surface area (Å²) in [4.78, 5) is 23.0. The van der Waals surface area contributed by atoms with Crippen LogP contribution in [0.1, 0.15) is 10.4 Å². The summed E-state index contributed by atoms with van der Waals surface area (Å²) in [7, 11) is 1.54. The second kappa shape index (κ2) is 6.95. The first kappa shape index (κ1) is 15.8. The van der Waals surface area contributed by atoms with E-state index in [2.05, 4.69) is 26.6 Å². The van der Waals surface area contributed by atoms with E-state index in [1.54, 1.807) is 42.5 Å². The summed E-state index contributed by atoms with van der Waals surface area (Å²) < 4.78 is 5.77. The number of hydrogen-bond acceptors (Lipinski definition) is 3. The molecule has 2 aromatic carbocycles. The van der Waals surface area contributed by atoms with E-state index in [-0.39, 0.29) is 5.91 Å². The van der Waals surface area contributed by atoms with E-state index in [1.165, 1.54) is 7.11 Å². The average Bonchev–Trinajstić information content (AvgIpc) is 2.49. The number of methoxy groups -OCH3 is 1. The number of anilines is 2. The summed E-state index contributed by atoms with van der Waals surface area (Å²) in [5, 5.41) is 5.21. The van der Waals surface area contributed by atoms with E-state index >= 15 is 0 Å². The number of urea groups is 1. The molecule has 0 aliphatic heterocycles. The van der Waals surface area contributed by atoms with Gasteiger partial charge in [-0.05, 0) is 58.4 Å². The van der Waals surface area contributed by atoms with E-state index in [0.29, 0.717) is 27.2 Å². The zero-order valence-electron chi connectivity index (χ0n) is 11.7. The van der Waals surface area contributed by atoms with Crippen LogP contribution in [0.25, 0.3) is 0 Å². The largest absolute Gasteiger partial charge is 0.497 e.